The molecule has 1 aliphatic carbocycles. The second-order valence-electron chi connectivity index (χ2n) is 4.97. The van der Waals surface area contributed by atoms with Crippen LogP contribution in [0.2, 0.25) is 5.02 Å². The quantitative estimate of drug-likeness (QED) is 0.890. The van der Waals surface area contributed by atoms with Crippen molar-refractivity contribution >= 4 is 11.6 Å². The Hall–Kier alpha value is -0.730. The van der Waals surface area contributed by atoms with Gasteiger partial charge in [-0.15, -0.1) is 0 Å². The standard InChI is InChI=1S/C14H20ClNO/c1-10-3-2-4-13(7-10)17-14-6-5-12(15)8-11(14)9-16/h5-6,8,10,13H,2-4,7,9,16H2,1H3. The van der Waals surface area contributed by atoms with Crippen LogP contribution in [0.1, 0.15) is 38.2 Å². The van der Waals surface area contributed by atoms with Crippen molar-refractivity contribution in [1.82, 2.24) is 0 Å². The van der Waals surface area contributed by atoms with Gasteiger partial charge in [0, 0.05) is 17.1 Å². The third kappa shape index (κ3) is 3.36. The van der Waals surface area contributed by atoms with Crippen LogP contribution in [-0.2, 0) is 6.54 Å². The van der Waals surface area contributed by atoms with E-state index in [4.69, 9.17) is 22.1 Å². The molecule has 1 saturated carbocycles. The normalized spacial score (nSPS) is 24.6. The van der Waals surface area contributed by atoms with Gasteiger partial charge in [0.05, 0.1) is 6.10 Å². The molecule has 94 valence electrons. The van der Waals surface area contributed by atoms with Crippen LogP contribution in [0.15, 0.2) is 18.2 Å². The van der Waals surface area contributed by atoms with Gasteiger partial charge >= 0.3 is 0 Å². The maximum atomic E-state index is 6.06. The highest BCUT2D eigenvalue weighted by Crippen LogP contribution is 2.30. The average molecular weight is 254 g/mol. The summed E-state index contributed by atoms with van der Waals surface area (Å²) in [6.07, 6.45) is 5.22. The van der Waals surface area contributed by atoms with Crippen LogP contribution in [0.5, 0.6) is 5.75 Å². The van der Waals surface area contributed by atoms with E-state index in [-0.39, 0.29) is 0 Å². The molecule has 0 spiro atoms. The first-order valence-corrected chi connectivity index (χ1v) is 6.72. The highest BCUT2D eigenvalue weighted by atomic mass is 35.5. The topological polar surface area (TPSA) is 35.2 Å². The Morgan fingerprint density at radius 1 is 1.41 bits per heavy atom. The van der Waals surface area contributed by atoms with E-state index >= 15 is 0 Å². The predicted molar refractivity (Wildman–Crippen MR) is 71.4 cm³/mol. The smallest absolute Gasteiger partial charge is 0.124 e. The molecule has 2 atom stereocenters. The van der Waals surface area contributed by atoms with Crippen molar-refractivity contribution in [2.24, 2.45) is 11.7 Å². The van der Waals surface area contributed by atoms with E-state index in [9.17, 15) is 0 Å². The fraction of sp³-hybridized carbons (Fsp3) is 0.571. The summed E-state index contributed by atoms with van der Waals surface area (Å²) in [6, 6.07) is 5.69. The fourth-order valence-electron chi connectivity index (χ4n) is 2.49. The van der Waals surface area contributed by atoms with Crippen LogP contribution in [0, 0.1) is 5.92 Å². The molecule has 3 heteroatoms. The Bertz CT molecular complexity index is 380. The van der Waals surface area contributed by atoms with Crippen LogP contribution in [0.3, 0.4) is 0 Å². The molecule has 2 unspecified atom stereocenters. The van der Waals surface area contributed by atoms with Crippen LogP contribution in [-0.4, -0.2) is 6.10 Å². The van der Waals surface area contributed by atoms with Gasteiger partial charge in [-0.25, -0.2) is 0 Å². The van der Waals surface area contributed by atoms with E-state index in [2.05, 4.69) is 6.92 Å². The molecule has 0 amide bonds. The molecule has 0 heterocycles. The molecule has 1 fully saturated rings. The van der Waals surface area contributed by atoms with Gasteiger partial charge in [-0.2, -0.15) is 0 Å². The molecule has 0 saturated heterocycles. The van der Waals surface area contributed by atoms with Gasteiger partial charge in [0.25, 0.3) is 0 Å². The second-order valence-corrected chi connectivity index (χ2v) is 5.40. The van der Waals surface area contributed by atoms with Crippen LogP contribution >= 0.6 is 11.6 Å². The van der Waals surface area contributed by atoms with Crippen LogP contribution in [0.4, 0.5) is 0 Å². The molecule has 2 nitrogen and oxygen atoms in total. The lowest BCUT2D eigenvalue weighted by Crippen LogP contribution is -2.24. The number of hydrogen-bond acceptors (Lipinski definition) is 2. The molecular formula is C14H20ClNO. The average Bonchev–Trinajstić information content (AvgIpc) is 2.31. The summed E-state index contributed by atoms with van der Waals surface area (Å²) in [7, 11) is 0. The first kappa shape index (κ1) is 12.7. The highest BCUT2D eigenvalue weighted by Gasteiger charge is 2.20. The first-order valence-electron chi connectivity index (χ1n) is 6.34. The Morgan fingerprint density at radius 2 is 2.24 bits per heavy atom. The minimum atomic E-state index is 0.338. The van der Waals surface area contributed by atoms with Gasteiger partial charge in [-0.05, 0) is 43.4 Å². The van der Waals surface area contributed by atoms with Crippen LogP contribution < -0.4 is 10.5 Å². The zero-order valence-electron chi connectivity index (χ0n) is 10.3. The summed E-state index contributed by atoms with van der Waals surface area (Å²) in [5, 5.41) is 0.717. The van der Waals surface area contributed by atoms with Gasteiger partial charge in [-0.1, -0.05) is 24.9 Å². The molecule has 0 bridgehead atoms. The number of rotatable bonds is 3. The van der Waals surface area contributed by atoms with Gasteiger partial charge < -0.3 is 10.5 Å². The number of halogens is 1. The van der Waals surface area contributed by atoms with E-state index in [1.54, 1.807) is 0 Å². The zero-order valence-corrected chi connectivity index (χ0v) is 11.0. The van der Waals surface area contributed by atoms with E-state index in [0.29, 0.717) is 12.6 Å². The van der Waals surface area contributed by atoms with Gasteiger partial charge in [0.2, 0.25) is 0 Å². The van der Waals surface area contributed by atoms with E-state index in [1.165, 1.54) is 12.8 Å². The molecule has 0 radical (unpaired) electrons. The van der Waals surface area contributed by atoms with E-state index in [1.807, 2.05) is 18.2 Å². The van der Waals surface area contributed by atoms with Crippen molar-refractivity contribution in [2.75, 3.05) is 0 Å². The highest BCUT2D eigenvalue weighted by molar-refractivity contribution is 6.30. The largest absolute Gasteiger partial charge is 0.490 e. The minimum Gasteiger partial charge on any atom is -0.490 e. The second kappa shape index (κ2) is 5.74. The van der Waals surface area contributed by atoms with Crippen molar-refractivity contribution in [3.8, 4) is 5.75 Å². The summed E-state index contributed by atoms with van der Waals surface area (Å²) in [5.74, 6) is 1.67. The summed E-state index contributed by atoms with van der Waals surface area (Å²) in [5.41, 5.74) is 6.71. The fourth-order valence-corrected chi connectivity index (χ4v) is 2.68. The molecule has 1 aromatic rings. The van der Waals surface area contributed by atoms with Gasteiger partial charge in [0.15, 0.2) is 0 Å². The third-order valence-corrected chi connectivity index (χ3v) is 3.66. The lowest BCUT2D eigenvalue weighted by Gasteiger charge is -2.28. The number of nitrogens with two attached hydrogens (primary N) is 1. The zero-order chi connectivity index (χ0) is 12.3. The van der Waals surface area contributed by atoms with E-state index < -0.39 is 0 Å². The molecule has 0 aromatic heterocycles. The Kier molecular flexibility index (Phi) is 4.30. The van der Waals surface area contributed by atoms with Gasteiger partial charge in [0.1, 0.15) is 5.75 Å². The SMILES string of the molecule is CC1CCCC(Oc2ccc(Cl)cc2CN)C1. The summed E-state index contributed by atoms with van der Waals surface area (Å²) in [4.78, 5) is 0. The van der Waals surface area contributed by atoms with Gasteiger partial charge in [-0.3, -0.25) is 0 Å². The molecule has 2 N–H and O–H groups in total. The maximum Gasteiger partial charge on any atom is 0.124 e. The van der Waals surface area contributed by atoms with E-state index in [0.717, 1.165) is 35.1 Å². The molecular weight excluding hydrogens is 234 g/mol. The predicted octanol–water partition coefficient (Wildman–Crippen LogP) is 3.76. The van der Waals surface area contributed by atoms with Crippen molar-refractivity contribution in [3.05, 3.63) is 28.8 Å². The first-order chi connectivity index (χ1) is 8.19. The Morgan fingerprint density at radius 3 is 2.94 bits per heavy atom. The van der Waals surface area contributed by atoms with Crippen molar-refractivity contribution < 1.29 is 4.74 Å². The Balaban J connectivity index is 2.07. The molecule has 17 heavy (non-hydrogen) atoms. The number of ether oxygens (including phenoxy) is 1. The molecule has 2 rings (SSSR count). The third-order valence-electron chi connectivity index (χ3n) is 3.42. The van der Waals surface area contributed by atoms with Crippen molar-refractivity contribution in [1.29, 1.82) is 0 Å². The summed E-state index contributed by atoms with van der Waals surface area (Å²) < 4.78 is 6.06. The monoisotopic (exact) mass is 253 g/mol. The Labute approximate surface area is 108 Å². The lowest BCUT2D eigenvalue weighted by atomic mass is 9.88. The lowest BCUT2D eigenvalue weighted by molar-refractivity contribution is 0.128. The number of hydrogen-bond donors (Lipinski definition) is 1. The van der Waals surface area contributed by atoms with Crippen molar-refractivity contribution in [3.63, 3.8) is 0 Å². The van der Waals surface area contributed by atoms with Crippen molar-refractivity contribution in [2.45, 2.75) is 45.3 Å². The molecule has 1 aromatic carbocycles. The minimum absolute atomic E-state index is 0.338. The van der Waals surface area contributed by atoms with Crippen LogP contribution in [0.25, 0.3) is 0 Å². The molecule has 0 aliphatic heterocycles. The molecule has 1 aliphatic rings. The maximum absolute atomic E-state index is 6.06. The number of benzene rings is 1. The summed E-state index contributed by atoms with van der Waals surface area (Å²) in [6.45, 7) is 2.76. The summed E-state index contributed by atoms with van der Waals surface area (Å²) >= 11 is 5.95.